The van der Waals surface area contributed by atoms with E-state index in [1.807, 2.05) is 31.2 Å². The second kappa shape index (κ2) is 9.45. The number of benzene rings is 3. The van der Waals surface area contributed by atoms with Crippen molar-refractivity contribution in [2.45, 2.75) is 6.92 Å². The van der Waals surface area contributed by atoms with Crippen LogP contribution in [0.25, 0.3) is 16.7 Å². The van der Waals surface area contributed by atoms with E-state index in [0.717, 1.165) is 5.56 Å². The average molecular weight is 445 g/mol. The van der Waals surface area contributed by atoms with Gasteiger partial charge in [0.2, 0.25) is 0 Å². The fourth-order valence-corrected chi connectivity index (χ4v) is 3.87. The Balaban J connectivity index is 2.04. The number of allylic oxidation sites excluding steroid dienone is 6. The van der Waals surface area contributed by atoms with Gasteiger partial charge in [-0.25, -0.2) is 0 Å². The molecular formula is C30H15N5. The van der Waals surface area contributed by atoms with Crippen molar-refractivity contribution in [1.29, 1.82) is 26.3 Å². The Morgan fingerprint density at radius 2 is 0.743 bits per heavy atom. The summed E-state index contributed by atoms with van der Waals surface area (Å²) in [5, 5.41) is 48.5. The number of aryl methyl sites for hydroxylation is 1. The summed E-state index contributed by atoms with van der Waals surface area (Å²) in [5.41, 5.74) is 6.48. The van der Waals surface area contributed by atoms with Crippen molar-refractivity contribution >= 4 is 16.7 Å². The molecule has 0 bridgehead atoms. The minimum absolute atomic E-state index is 0.320. The van der Waals surface area contributed by atoms with Crippen LogP contribution in [0, 0.1) is 63.6 Å². The quantitative estimate of drug-likeness (QED) is 0.459. The maximum absolute atomic E-state index is 10.1. The van der Waals surface area contributed by atoms with Gasteiger partial charge in [0.15, 0.2) is 0 Å². The highest BCUT2D eigenvalue weighted by molar-refractivity contribution is 6.12. The predicted octanol–water partition coefficient (Wildman–Crippen LogP) is 5.98. The summed E-state index contributed by atoms with van der Waals surface area (Å²) in [7, 11) is 0. The van der Waals surface area contributed by atoms with Crippen LogP contribution in [0.4, 0.5) is 0 Å². The minimum Gasteiger partial charge on any atom is -0.192 e. The number of rotatable bonds is 3. The molecule has 0 aromatic heterocycles. The highest BCUT2D eigenvalue weighted by atomic mass is 14.4. The van der Waals surface area contributed by atoms with E-state index in [9.17, 15) is 15.8 Å². The zero-order valence-electron chi connectivity index (χ0n) is 18.7. The van der Waals surface area contributed by atoms with Gasteiger partial charge >= 0.3 is 0 Å². The highest BCUT2D eigenvalue weighted by Gasteiger charge is 2.41. The first-order chi connectivity index (χ1) is 17.1. The summed E-state index contributed by atoms with van der Waals surface area (Å²) >= 11 is 0. The molecule has 4 rings (SSSR count). The van der Waals surface area contributed by atoms with Gasteiger partial charge in [-0.05, 0) is 47.9 Å². The molecule has 0 spiro atoms. The summed E-state index contributed by atoms with van der Waals surface area (Å²) in [6, 6.07) is 31.6. The van der Waals surface area contributed by atoms with E-state index in [-0.39, 0.29) is 0 Å². The Morgan fingerprint density at radius 1 is 0.457 bits per heavy atom. The summed E-state index contributed by atoms with van der Waals surface area (Å²) in [4.78, 5) is 0. The molecule has 0 radical (unpaired) electrons. The standard InChI is InChI=1S/C30H15N5/c1-19-2-8-22(9-3-19)25(16-33)28-29(26(17-34)23-10-4-20(14-31)5-11-23)30(28)27(18-35)24-12-6-21(15-32)7-13-24/h2-13H,1H3/b28-25-,29-26?,30-27-. The van der Waals surface area contributed by atoms with Crippen molar-refractivity contribution in [3.8, 4) is 30.3 Å². The molecule has 3 aromatic rings. The number of hydrogen-bond donors (Lipinski definition) is 0. The molecule has 5 nitrogen and oxygen atoms in total. The first kappa shape index (κ1) is 22.5. The van der Waals surface area contributed by atoms with Crippen molar-refractivity contribution in [2.24, 2.45) is 0 Å². The largest absolute Gasteiger partial charge is 0.192 e. The highest BCUT2D eigenvalue weighted by Crippen LogP contribution is 2.55. The lowest BCUT2D eigenvalue weighted by Crippen LogP contribution is -1.84. The van der Waals surface area contributed by atoms with Crippen LogP contribution < -0.4 is 0 Å². The van der Waals surface area contributed by atoms with Gasteiger partial charge in [0.05, 0.1) is 40.0 Å². The predicted molar refractivity (Wildman–Crippen MR) is 131 cm³/mol. The fourth-order valence-electron chi connectivity index (χ4n) is 3.87. The van der Waals surface area contributed by atoms with Crippen molar-refractivity contribution in [3.63, 3.8) is 0 Å². The molecule has 0 unspecified atom stereocenters. The SMILES string of the molecule is Cc1ccc(/C(C#N)=C2/C(=C(C#N)c3ccc(C#N)cc3)/C2=C(/C#N)c2ccc(C#N)cc2)cc1. The Hall–Kier alpha value is -5.67. The van der Waals surface area contributed by atoms with E-state index in [1.54, 1.807) is 48.5 Å². The van der Waals surface area contributed by atoms with Crippen molar-refractivity contribution in [3.05, 3.63) is 123 Å². The zero-order valence-corrected chi connectivity index (χ0v) is 18.7. The van der Waals surface area contributed by atoms with Crippen LogP contribution in [0.5, 0.6) is 0 Å². The molecule has 1 aliphatic carbocycles. The van der Waals surface area contributed by atoms with Crippen molar-refractivity contribution in [2.75, 3.05) is 0 Å². The van der Waals surface area contributed by atoms with E-state index in [4.69, 9.17) is 10.5 Å². The molecule has 0 atom stereocenters. The van der Waals surface area contributed by atoms with Gasteiger partial charge in [0.1, 0.15) is 18.2 Å². The molecule has 1 fully saturated rings. The topological polar surface area (TPSA) is 119 Å². The summed E-state index contributed by atoms with van der Waals surface area (Å²) in [6.07, 6.45) is 0. The molecule has 0 amide bonds. The van der Waals surface area contributed by atoms with E-state index in [1.165, 1.54) is 0 Å². The first-order valence-corrected chi connectivity index (χ1v) is 10.6. The summed E-state index contributed by atoms with van der Waals surface area (Å²) < 4.78 is 0. The molecular weight excluding hydrogens is 430 g/mol. The van der Waals surface area contributed by atoms with Gasteiger partial charge in [-0.15, -0.1) is 0 Å². The number of hydrogen-bond acceptors (Lipinski definition) is 5. The Labute approximate surface area is 203 Å². The summed E-state index contributed by atoms with van der Waals surface area (Å²) in [5.74, 6) is 0. The molecule has 0 saturated heterocycles. The molecule has 0 aliphatic heterocycles. The number of nitrogens with zero attached hydrogens (tertiary/aromatic N) is 5. The molecule has 0 heterocycles. The Bertz CT molecular complexity index is 1550. The summed E-state index contributed by atoms with van der Waals surface area (Å²) in [6.45, 7) is 1.95. The second-order valence-electron chi connectivity index (χ2n) is 7.83. The van der Waals surface area contributed by atoms with Crippen LogP contribution in [-0.2, 0) is 0 Å². The molecule has 1 saturated carbocycles. The third-order valence-corrected chi connectivity index (χ3v) is 5.72. The van der Waals surface area contributed by atoms with Crippen molar-refractivity contribution < 1.29 is 0 Å². The molecule has 1 aliphatic rings. The van der Waals surface area contributed by atoms with E-state index in [0.29, 0.717) is 61.3 Å². The lowest BCUT2D eigenvalue weighted by molar-refractivity contribution is 1.45. The van der Waals surface area contributed by atoms with Gasteiger partial charge in [-0.2, -0.15) is 26.3 Å². The minimum atomic E-state index is 0.320. The van der Waals surface area contributed by atoms with E-state index >= 15 is 0 Å². The van der Waals surface area contributed by atoms with Crippen LogP contribution in [0.3, 0.4) is 0 Å². The van der Waals surface area contributed by atoms with E-state index < -0.39 is 0 Å². The third-order valence-electron chi connectivity index (χ3n) is 5.72. The normalized spacial score (nSPS) is 15.9. The average Bonchev–Trinajstić information content (AvgIpc) is 3.61. The molecule has 0 N–H and O–H groups in total. The van der Waals surface area contributed by atoms with Gasteiger partial charge in [-0.1, -0.05) is 54.1 Å². The second-order valence-corrected chi connectivity index (χ2v) is 7.83. The molecule has 160 valence electrons. The van der Waals surface area contributed by atoms with Crippen LogP contribution in [-0.4, -0.2) is 0 Å². The van der Waals surface area contributed by atoms with Gasteiger partial charge < -0.3 is 0 Å². The zero-order chi connectivity index (χ0) is 24.9. The molecule has 35 heavy (non-hydrogen) atoms. The van der Waals surface area contributed by atoms with Gasteiger partial charge in [0.25, 0.3) is 0 Å². The van der Waals surface area contributed by atoms with Crippen LogP contribution >= 0.6 is 0 Å². The first-order valence-electron chi connectivity index (χ1n) is 10.6. The maximum Gasteiger partial charge on any atom is 0.100 e. The lowest BCUT2D eigenvalue weighted by Gasteiger charge is -1.99. The van der Waals surface area contributed by atoms with E-state index in [2.05, 4.69) is 30.3 Å². The number of nitriles is 5. The smallest absolute Gasteiger partial charge is 0.100 e. The van der Waals surface area contributed by atoms with Gasteiger partial charge in [-0.3, -0.25) is 0 Å². The van der Waals surface area contributed by atoms with Crippen molar-refractivity contribution in [1.82, 2.24) is 0 Å². The molecule has 5 heteroatoms. The monoisotopic (exact) mass is 445 g/mol. The molecule has 3 aromatic carbocycles. The Morgan fingerprint density at radius 3 is 1.00 bits per heavy atom. The lowest BCUT2D eigenvalue weighted by atomic mass is 10.0. The fraction of sp³-hybridized carbons (Fsp3) is 0.0333. The third kappa shape index (κ3) is 4.21. The Kier molecular flexibility index (Phi) is 6.08. The van der Waals surface area contributed by atoms with Gasteiger partial charge in [0, 0.05) is 16.7 Å². The van der Waals surface area contributed by atoms with Crippen LogP contribution in [0.15, 0.2) is 89.5 Å². The van der Waals surface area contributed by atoms with Crippen LogP contribution in [0.2, 0.25) is 0 Å². The maximum atomic E-state index is 10.1. The van der Waals surface area contributed by atoms with Crippen LogP contribution in [0.1, 0.15) is 33.4 Å².